The summed E-state index contributed by atoms with van der Waals surface area (Å²) in [6, 6.07) is 0. The summed E-state index contributed by atoms with van der Waals surface area (Å²) < 4.78 is 5.39. The summed E-state index contributed by atoms with van der Waals surface area (Å²) in [6.45, 7) is 62.9. The summed E-state index contributed by atoms with van der Waals surface area (Å²) in [5, 5.41) is 0. The van der Waals surface area contributed by atoms with Crippen molar-refractivity contribution in [3.8, 4) is 0 Å². The van der Waals surface area contributed by atoms with E-state index < -0.39 is 5.60 Å². The van der Waals surface area contributed by atoms with Crippen molar-refractivity contribution in [3.05, 3.63) is 0 Å². The molecule has 0 aromatic rings. The van der Waals surface area contributed by atoms with Crippen LogP contribution in [0.2, 0.25) is 0 Å². The first kappa shape index (κ1) is 70.3. The molecule has 1 heterocycles. The third-order valence-electron chi connectivity index (χ3n) is 13.8. The highest BCUT2D eigenvalue weighted by molar-refractivity contribution is 5.83. The zero-order valence-electron chi connectivity index (χ0n) is 47.6. The monoisotopic (exact) mass is 896 g/mol. The van der Waals surface area contributed by atoms with Gasteiger partial charge in [-0.2, -0.15) is 0 Å². The number of Topliss-reactive ketones (excluding diaryl/α,β-unsaturated/α-hetero) is 3. The lowest BCUT2D eigenvalue weighted by molar-refractivity contribution is -0.126. The van der Waals surface area contributed by atoms with Crippen molar-refractivity contribution in [1.29, 1.82) is 0 Å². The molecule has 2 aliphatic rings. The minimum absolute atomic E-state index is 0. The van der Waals surface area contributed by atoms with Crippen LogP contribution in [0.15, 0.2) is 0 Å². The highest BCUT2D eigenvalue weighted by Crippen LogP contribution is 2.42. The summed E-state index contributed by atoms with van der Waals surface area (Å²) >= 11 is 0. The Morgan fingerprint density at radius 1 is 0.508 bits per heavy atom. The van der Waals surface area contributed by atoms with Gasteiger partial charge in [-0.1, -0.05) is 193 Å². The van der Waals surface area contributed by atoms with Gasteiger partial charge in [-0.05, 0) is 111 Å². The molecule has 1 aliphatic heterocycles. The molecule has 6 nitrogen and oxygen atoms in total. The van der Waals surface area contributed by atoms with Crippen molar-refractivity contribution in [2.45, 2.75) is 278 Å². The average Bonchev–Trinajstić information content (AvgIpc) is 3.05. The molecule has 1 saturated heterocycles. The van der Waals surface area contributed by atoms with Gasteiger partial charge in [0.15, 0.2) is 0 Å². The van der Waals surface area contributed by atoms with E-state index in [4.69, 9.17) is 4.74 Å². The quantitative estimate of drug-likeness (QED) is 0.281. The fraction of sp³-hybridized carbons (Fsp3) is 0.930. The number of rotatable bonds is 4. The highest BCUT2D eigenvalue weighted by atomic mass is 16.6. The first-order chi connectivity index (χ1) is 27.0. The van der Waals surface area contributed by atoms with E-state index in [1.807, 2.05) is 74.1 Å². The van der Waals surface area contributed by atoms with Gasteiger partial charge in [0.2, 0.25) is 0 Å². The molecule has 0 atom stereocenters. The normalized spacial score (nSPS) is 15.9. The van der Waals surface area contributed by atoms with E-state index in [-0.39, 0.29) is 41.0 Å². The first-order valence-electron chi connectivity index (χ1n) is 24.6. The van der Waals surface area contributed by atoms with Crippen molar-refractivity contribution in [1.82, 2.24) is 4.90 Å². The van der Waals surface area contributed by atoms with Crippen molar-refractivity contribution >= 4 is 23.4 Å². The molecular weight excluding hydrogens is 779 g/mol. The number of ether oxygens (including phenoxy) is 1. The Morgan fingerprint density at radius 3 is 1.03 bits per heavy atom. The Morgan fingerprint density at radius 2 is 0.841 bits per heavy atom. The van der Waals surface area contributed by atoms with Gasteiger partial charge in [0, 0.05) is 36.8 Å². The number of carbonyl (C=O) groups excluding carboxylic acids is 4. The minimum Gasteiger partial charge on any atom is -0.444 e. The highest BCUT2D eigenvalue weighted by Gasteiger charge is 2.33. The summed E-state index contributed by atoms with van der Waals surface area (Å²) in [7, 11) is 0. The molecule has 2 fully saturated rings. The van der Waals surface area contributed by atoms with Gasteiger partial charge in [-0.25, -0.2) is 4.79 Å². The van der Waals surface area contributed by atoms with Crippen LogP contribution in [0.4, 0.5) is 4.79 Å². The molecule has 0 radical (unpaired) electrons. The molecule has 2 rings (SSSR count). The SMILES string of the molecule is C.CC(=O)C(C)(C)C.CC(=O)CCC(C)(C)C(C)(C)C.CC(C)(C)C(C)(C)C.CC(C)(C)C1CCCCC1.CC(C)(C)OC(=O)N1CCC(C(C)(C)C)CC1.CCC(=O)C(C)(C)C. The van der Waals surface area contributed by atoms with E-state index in [0.717, 1.165) is 38.3 Å². The predicted octanol–water partition coefficient (Wildman–Crippen LogP) is 18.1. The number of carbonyl (C=O) groups is 4. The molecule has 63 heavy (non-hydrogen) atoms. The van der Waals surface area contributed by atoms with Crippen molar-refractivity contribution in [2.24, 2.45) is 55.2 Å². The zero-order chi connectivity index (χ0) is 50.7. The Kier molecular flexibility index (Phi) is 31.8. The maximum atomic E-state index is 11.9. The third-order valence-corrected chi connectivity index (χ3v) is 13.8. The molecule has 0 spiro atoms. The van der Waals surface area contributed by atoms with Crippen LogP contribution >= 0.6 is 0 Å². The van der Waals surface area contributed by atoms with E-state index >= 15 is 0 Å². The van der Waals surface area contributed by atoms with Gasteiger partial charge in [0.25, 0.3) is 0 Å². The van der Waals surface area contributed by atoms with Crippen LogP contribution in [0.3, 0.4) is 0 Å². The maximum Gasteiger partial charge on any atom is 0.410 e. The number of likely N-dealkylation sites (tertiary alicyclic amines) is 1. The first-order valence-corrected chi connectivity index (χ1v) is 24.6. The van der Waals surface area contributed by atoms with E-state index in [1.54, 1.807) is 13.8 Å². The molecule has 0 bridgehead atoms. The maximum absolute atomic E-state index is 11.9. The lowest BCUT2D eigenvalue weighted by Gasteiger charge is -2.39. The summed E-state index contributed by atoms with van der Waals surface area (Å²) in [4.78, 5) is 45.8. The van der Waals surface area contributed by atoms with Crippen LogP contribution in [0.5, 0.6) is 0 Å². The zero-order valence-corrected chi connectivity index (χ0v) is 47.6. The molecule has 6 heteroatoms. The van der Waals surface area contributed by atoms with Crippen LogP contribution in [0.25, 0.3) is 0 Å². The number of hydrogen-bond donors (Lipinski definition) is 0. The second-order valence-electron chi connectivity index (χ2n) is 27.5. The Labute approximate surface area is 397 Å². The average molecular weight is 897 g/mol. The summed E-state index contributed by atoms with van der Waals surface area (Å²) in [5.41, 5.74) is 1.66. The van der Waals surface area contributed by atoms with Crippen LogP contribution in [-0.4, -0.2) is 47.0 Å². The lowest BCUT2D eigenvalue weighted by atomic mass is 9.67. The van der Waals surface area contributed by atoms with E-state index in [1.165, 1.54) is 32.1 Å². The predicted molar refractivity (Wildman–Crippen MR) is 280 cm³/mol. The van der Waals surface area contributed by atoms with Gasteiger partial charge in [-0.3, -0.25) is 9.59 Å². The van der Waals surface area contributed by atoms with Crippen molar-refractivity contribution in [3.63, 3.8) is 0 Å². The standard InChI is InChI=1S/C14H27NO2.C11H22O.C10H20.C8H18.C7H14O.C6H12O.CH4/c1-13(2,3)11-7-9-15(10-8-11)12(16)17-14(4,5)6;1-9(12)7-8-11(5,6)10(2,3)4;1-10(2,3)9-7-5-4-6-8-9;1-7(2,3)8(4,5)6;1-5-6(8)7(2,3)4;1-5(7)6(2,3)4;/h11H,7-10H2,1-6H3;7-8H2,1-6H3;9H,4-8H2,1-3H3;1-6H3;5H2,1-4H3;1-4H3;1H4. The number of nitrogens with zero attached hydrogens (tertiary/aromatic N) is 1. The molecule has 380 valence electrons. The molecule has 0 aromatic carbocycles. The van der Waals surface area contributed by atoms with E-state index in [2.05, 4.69) is 118 Å². The molecule has 1 amide bonds. The molecule has 0 N–H and O–H groups in total. The topological polar surface area (TPSA) is 80.8 Å². The summed E-state index contributed by atoms with van der Waals surface area (Å²) in [6.07, 6.45) is 11.7. The lowest BCUT2D eigenvalue weighted by Crippen LogP contribution is -2.43. The van der Waals surface area contributed by atoms with Gasteiger partial charge >= 0.3 is 6.09 Å². The molecular formula is C57H117NO5. The molecule has 1 aliphatic carbocycles. The number of ketones is 3. The summed E-state index contributed by atoms with van der Waals surface area (Å²) in [5.74, 6) is 2.58. The van der Waals surface area contributed by atoms with Crippen LogP contribution in [0, 0.1) is 55.2 Å². The van der Waals surface area contributed by atoms with Crippen LogP contribution in [-0.2, 0) is 19.1 Å². The Bertz CT molecular complexity index is 1240. The molecule has 0 unspecified atom stereocenters. The van der Waals surface area contributed by atoms with Crippen molar-refractivity contribution in [2.75, 3.05) is 13.1 Å². The van der Waals surface area contributed by atoms with Crippen molar-refractivity contribution < 1.29 is 23.9 Å². The van der Waals surface area contributed by atoms with Gasteiger partial charge in [0.1, 0.15) is 23.0 Å². The minimum atomic E-state index is -0.391. The Balaban J connectivity index is -0.000000220. The second kappa shape index (κ2) is 28.5. The van der Waals surface area contributed by atoms with Gasteiger partial charge in [0.05, 0.1) is 0 Å². The number of hydrogen-bond acceptors (Lipinski definition) is 5. The Hall–Kier alpha value is -1.72. The van der Waals surface area contributed by atoms with Crippen LogP contribution in [0.1, 0.15) is 272 Å². The number of amides is 1. The van der Waals surface area contributed by atoms with Crippen LogP contribution < -0.4 is 0 Å². The largest absolute Gasteiger partial charge is 0.444 e. The van der Waals surface area contributed by atoms with E-state index in [0.29, 0.717) is 52.0 Å². The molecule has 1 saturated carbocycles. The third kappa shape index (κ3) is 36.1. The van der Waals surface area contributed by atoms with Gasteiger partial charge in [-0.15, -0.1) is 0 Å². The second-order valence-corrected chi connectivity index (χ2v) is 27.5. The fourth-order valence-electron chi connectivity index (χ4n) is 5.62. The number of piperidine rings is 1. The fourth-order valence-corrected chi connectivity index (χ4v) is 5.62. The van der Waals surface area contributed by atoms with E-state index in [9.17, 15) is 19.2 Å². The smallest absolute Gasteiger partial charge is 0.410 e. The molecule has 0 aromatic heterocycles. The van der Waals surface area contributed by atoms with Gasteiger partial charge < -0.3 is 14.4 Å².